The van der Waals surface area contributed by atoms with Gasteiger partial charge in [0.05, 0.1) is 22.5 Å². The van der Waals surface area contributed by atoms with E-state index in [2.05, 4.69) is 17.1 Å². The van der Waals surface area contributed by atoms with Crippen molar-refractivity contribution in [2.24, 2.45) is 4.99 Å². The summed E-state index contributed by atoms with van der Waals surface area (Å²) in [6, 6.07) is 8.06. The summed E-state index contributed by atoms with van der Waals surface area (Å²) < 4.78 is 1.75. The molecule has 2 atom stereocenters. The molecule has 0 saturated heterocycles. The van der Waals surface area contributed by atoms with Crippen LogP contribution in [0.5, 0.6) is 0 Å². The number of benzene rings is 1. The Balaban J connectivity index is 1.67. The van der Waals surface area contributed by atoms with Gasteiger partial charge in [-0.05, 0) is 66.5 Å². The number of thioether (sulfide) groups is 1. The molecule has 1 N–H and O–H groups in total. The lowest BCUT2D eigenvalue weighted by atomic mass is 9.92. The normalized spacial score (nSPS) is 20.7. The number of hydrogen-bond donors (Lipinski definition) is 1. The summed E-state index contributed by atoms with van der Waals surface area (Å²) in [5, 5.41) is 15.2. The minimum Gasteiger partial charge on any atom is -0.391 e. The third-order valence-corrected chi connectivity index (χ3v) is 7.19. The topological polar surface area (TPSA) is 67.5 Å². The van der Waals surface area contributed by atoms with Gasteiger partial charge in [-0.2, -0.15) is 0 Å². The average Bonchev–Trinajstić information content (AvgIpc) is 2.81. The zero-order chi connectivity index (χ0) is 21.4. The second-order valence-electron chi connectivity index (χ2n) is 8.47. The van der Waals surface area contributed by atoms with E-state index in [-0.39, 0.29) is 11.6 Å². The van der Waals surface area contributed by atoms with Gasteiger partial charge in [0.2, 0.25) is 0 Å². The summed E-state index contributed by atoms with van der Waals surface area (Å²) in [5.74, 6) is 0. The molecule has 1 aromatic carbocycles. The SMILES string of the molecule is CSc1ccc(Cc2cc3c(=O)n(C4CCCCC4O)ccc3c3c2=CCCN=3)cn1. The monoisotopic (exact) mass is 433 g/mol. The molecule has 1 saturated carbocycles. The van der Waals surface area contributed by atoms with Gasteiger partial charge in [-0.1, -0.05) is 25.0 Å². The standard InChI is InChI=1S/C25H27N3O2S/c1-31-23-9-8-16(15-27-23)13-17-14-20-19(24-18(17)5-4-11-26-24)10-12-28(25(20)30)21-6-2-3-7-22(21)29/h5,8-10,12,14-15,21-22,29H,2-4,6-7,11,13H2,1H3. The van der Waals surface area contributed by atoms with E-state index in [1.165, 1.54) is 0 Å². The van der Waals surface area contributed by atoms with Gasteiger partial charge in [-0.25, -0.2) is 4.98 Å². The number of aromatic nitrogens is 2. The quantitative estimate of drug-likeness (QED) is 0.643. The van der Waals surface area contributed by atoms with E-state index in [9.17, 15) is 9.90 Å². The Morgan fingerprint density at radius 2 is 2.06 bits per heavy atom. The lowest BCUT2D eigenvalue weighted by molar-refractivity contribution is 0.0740. The number of nitrogens with zero attached hydrogens (tertiary/aromatic N) is 3. The molecule has 0 bridgehead atoms. The number of pyridine rings is 2. The maximum absolute atomic E-state index is 13.5. The highest BCUT2D eigenvalue weighted by Crippen LogP contribution is 2.28. The Bertz CT molecular complexity index is 1300. The molecule has 5 rings (SSSR count). The second kappa shape index (κ2) is 8.60. The van der Waals surface area contributed by atoms with E-state index in [0.717, 1.165) is 70.8 Å². The van der Waals surface area contributed by atoms with E-state index in [1.54, 1.807) is 16.3 Å². The van der Waals surface area contributed by atoms with Crippen LogP contribution in [0.25, 0.3) is 16.8 Å². The highest BCUT2D eigenvalue weighted by Gasteiger charge is 2.26. The van der Waals surface area contributed by atoms with Gasteiger partial charge >= 0.3 is 0 Å². The van der Waals surface area contributed by atoms with Gasteiger partial charge in [0.15, 0.2) is 0 Å². The van der Waals surface area contributed by atoms with Crippen LogP contribution in [0.15, 0.2) is 51.5 Å². The van der Waals surface area contributed by atoms with Crippen molar-refractivity contribution < 1.29 is 5.11 Å². The van der Waals surface area contributed by atoms with E-state index in [1.807, 2.05) is 36.8 Å². The Hall–Kier alpha value is -2.44. The summed E-state index contributed by atoms with van der Waals surface area (Å²) in [6.07, 6.45) is 12.9. The van der Waals surface area contributed by atoms with Crippen LogP contribution in [0.3, 0.4) is 0 Å². The van der Waals surface area contributed by atoms with Crippen molar-refractivity contribution in [1.29, 1.82) is 0 Å². The predicted molar refractivity (Wildman–Crippen MR) is 125 cm³/mol. The fraction of sp³-hybridized carbons (Fsp3) is 0.400. The molecule has 2 aromatic heterocycles. The second-order valence-corrected chi connectivity index (χ2v) is 9.29. The molecule has 0 spiro atoms. The summed E-state index contributed by atoms with van der Waals surface area (Å²) in [7, 11) is 0. The number of fused-ring (bicyclic) bond motifs is 3. The largest absolute Gasteiger partial charge is 0.391 e. The van der Waals surface area contributed by atoms with Crippen LogP contribution < -0.4 is 16.1 Å². The van der Waals surface area contributed by atoms with Gasteiger partial charge in [0.1, 0.15) is 0 Å². The molecule has 3 aromatic rings. The summed E-state index contributed by atoms with van der Waals surface area (Å²) >= 11 is 1.63. The predicted octanol–water partition coefficient (Wildman–Crippen LogP) is 2.99. The van der Waals surface area contributed by atoms with Crippen LogP contribution in [-0.2, 0) is 6.42 Å². The van der Waals surface area contributed by atoms with Crippen molar-refractivity contribution >= 4 is 28.6 Å². The van der Waals surface area contributed by atoms with Crippen molar-refractivity contribution in [1.82, 2.24) is 9.55 Å². The van der Waals surface area contributed by atoms with Gasteiger partial charge < -0.3 is 9.67 Å². The van der Waals surface area contributed by atoms with Gasteiger partial charge in [-0.3, -0.25) is 9.79 Å². The molecule has 5 nitrogen and oxygen atoms in total. The van der Waals surface area contributed by atoms with Crippen LogP contribution in [0, 0.1) is 0 Å². The number of aliphatic hydroxyl groups excluding tert-OH is 1. The molecule has 1 aliphatic heterocycles. The summed E-state index contributed by atoms with van der Waals surface area (Å²) in [5.41, 5.74) is 2.21. The summed E-state index contributed by atoms with van der Waals surface area (Å²) in [6.45, 7) is 0.750. The van der Waals surface area contributed by atoms with Crippen LogP contribution in [-0.4, -0.2) is 33.6 Å². The Kier molecular flexibility index (Phi) is 5.67. The first-order chi connectivity index (χ1) is 15.2. The molecule has 2 aliphatic rings. The molecule has 31 heavy (non-hydrogen) atoms. The van der Waals surface area contributed by atoms with Crippen molar-refractivity contribution in [3.63, 3.8) is 0 Å². The molecule has 1 aliphatic carbocycles. The lowest BCUT2D eigenvalue weighted by Gasteiger charge is -2.29. The van der Waals surface area contributed by atoms with Gasteiger partial charge in [0, 0.05) is 29.7 Å². The molecule has 6 heteroatoms. The molecule has 0 amide bonds. The zero-order valence-corrected chi connectivity index (χ0v) is 18.6. The smallest absolute Gasteiger partial charge is 0.258 e. The zero-order valence-electron chi connectivity index (χ0n) is 17.8. The van der Waals surface area contributed by atoms with E-state index >= 15 is 0 Å². The lowest BCUT2D eigenvalue weighted by Crippen LogP contribution is -2.37. The average molecular weight is 434 g/mol. The molecular weight excluding hydrogens is 406 g/mol. The molecular formula is C25H27N3O2S. The minimum absolute atomic E-state index is 0.0240. The first-order valence-corrected chi connectivity index (χ1v) is 12.3. The first-order valence-electron chi connectivity index (χ1n) is 11.0. The van der Waals surface area contributed by atoms with E-state index in [0.29, 0.717) is 11.8 Å². The maximum Gasteiger partial charge on any atom is 0.258 e. The molecule has 1 fully saturated rings. The first kappa shape index (κ1) is 20.5. The highest BCUT2D eigenvalue weighted by molar-refractivity contribution is 7.98. The molecule has 3 heterocycles. The number of rotatable bonds is 4. The fourth-order valence-electron chi connectivity index (χ4n) is 4.92. The van der Waals surface area contributed by atoms with E-state index in [4.69, 9.17) is 4.99 Å². The fourth-order valence-corrected chi connectivity index (χ4v) is 5.29. The third kappa shape index (κ3) is 3.83. The Morgan fingerprint density at radius 1 is 1.19 bits per heavy atom. The van der Waals surface area contributed by atoms with Crippen molar-refractivity contribution in [2.45, 2.75) is 55.7 Å². The third-order valence-electron chi connectivity index (χ3n) is 6.53. The Morgan fingerprint density at radius 3 is 2.84 bits per heavy atom. The molecule has 160 valence electrons. The van der Waals surface area contributed by atoms with Crippen molar-refractivity contribution in [2.75, 3.05) is 12.8 Å². The maximum atomic E-state index is 13.5. The molecule has 0 radical (unpaired) electrons. The van der Waals surface area contributed by atoms with E-state index < -0.39 is 6.10 Å². The highest BCUT2D eigenvalue weighted by atomic mass is 32.2. The Labute approximate surface area is 185 Å². The van der Waals surface area contributed by atoms with Gasteiger partial charge in [0.25, 0.3) is 5.56 Å². The van der Waals surface area contributed by atoms with Crippen LogP contribution in [0.4, 0.5) is 0 Å². The molecule has 2 unspecified atom stereocenters. The number of aliphatic hydroxyl groups is 1. The van der Waals surface area contributed by atoms with Crippen LogP contribution in [0.1, 0.15) is 49.3 Å². The van der Waals surface area contributed by atoms with Gasteiger partial charge in [-0.15, -0.1) is 11.8 Å². The summed E-state index contributed by atoms with van der Waals surface area (Å²) in [4.78, 5) is 22.8. The van der Waals surface area contributed by atoms with Crippen molar-refractivity contribution in [3.05, 3.63) is 68.7 Å². The minimum atomic E-state index is -0.458. The van der Waals surface area contributed by atoms with Crippen LogP contribution >= 0.6 is 11.8 Å². The number of hydrogen-bond acceptors (Lipinski definition) is 5. The van der Waals surface area contributed by atoms with Crippen molar-refractivity contribution in [3.8, 4) is 0 Å². The van der Waals surface area contributed by atoms with Crippen LogP contribution in [0.2, 0.25) is 0 Å².